The summed E-state index contributed by atoms with van der Waals surface area (Å²) >= 11 is 1.31. The number of hydrogen-bond acceptors (Lipinski definition) is 7. The van der Waals surface area contributed by atoms with E-state index in [4.69, 9.17) is 14.5 Å². The molecule has 1 atom stereocenters. The minimum absolute atomic E-state index is 0.201. The Hall–Kier alpha value is -3.65. The van der Waals surface area contributed by atoms with Gasteiger partial charge in [-0.05, 0) is 55.3 Å². The molecule has 8 heteroatoms. The maximum absolute atomic E-state index is 13.3. The van der Waals surface area contributed by atoms with Crippen LogP contribution in [0.2, 0.25) is 0 Å². The van der Waals surface area contributed by atoms with Gasteiger partial charge in [-0.25, -0.2) is 9.79 Å². The largest absolute Gasteiger partial charge is 0.497 e. The first-order chi connectivity index (χ1) is 16.3. The van der Waals surface area contributed by atoms with Crippen molar-refractivity contribution in [3.63, 3.8) is 0 Å². The Bertz CT molecular complexity index is 1410. The number of rotatable bonds is 6. The molecule has 0 N–H and O–H groups in total. The first-order valence-corrected chi connectivity index (χ1v) is 11.8. The Balaban J connectivity index is 1.87. The summed E-state index contributed by atoms with van der Waals surface area (Å²) in [5.41, 5.74) is 3.51. The predicted octanol–water partition coefficient (Wildman–Crippen LogP) is 2.98. The van der Waals surface area contributed by atoms with E-state index in [1.165, 1.54) is 15.9 Å². The SMILES string of the molecule is CCOC(=O)C1=C(C)n2c(s/c(=C\c3ccc(N(C)C)cc3)c2=O)=N[C@H]1c1ccc(OC)cc1. The highest BCUT2D eigenvalue weighted by atomic mass is 32.1. The van der Waals surface area contributed by atoms with E-state index in [2.05, 4.69) is 0 Å². The molecular formula is C26H27N3O4S. The number of nitrogens with zero attached hydrogens (tertiary/aromatic N) is 3. The Morgan fingerprint density at radius 2 is 1.82 bits per heavy atom. The van der Waals surface area contributed by atoms with E-state index >= 15 is 0 Å². The van der Waals surface area contributed by atoms with Gasteiger partial charge in [-0.1, -0.05) is 35.6 Å². The number of thiazole rings is 1. The molecule has 3 aromatic rings. The van der Waals surface area contributed by atoms with Gasteiger partial charge in [-0.3, -0.25) is 9.36 Å². The summed E-state index contributed by atoms with van der Waals surface area (Å²) in [4.78, 5) is 33.7. The van der Waals surface area contributed by atoms with Gasteiger partial charge in [-0.2, -0.15) is 0 Å². The zero-order valence-electron chi connectivity index (χ0n) is 19.9. The number of carbonyl (C=O) groups is 1. The molecule has 4 rings (SSSR count). The Kier molecular flexibility index (Phi) is 6.70. The van der Waals surface area contributed by atoms with Crippen LogP contribution in [-0.2, 0) is 9.53 Å². The molecule has 1 aliphatic rings. The van der Waals surface area contributed by atoms with Gasteiger partial charge in [0.05, 0.1) is 23.8 Å². The number of fused-ring (bicyclic) bond motifs is 1. The zero-order valence-corrected chi connectivity index (χ0v) is 20.7. The molecule has 0 radical (unpaired) electrons. The zero-order chi connectivity index (χ0) is 24.4. The number of hydrogen-bond donors (Lipinski definition) is 0. The van der Waals surface area contributed by atoms with Crippen LogP contribution in [0.5, 0.6) is 5.75 Å². The monoisotopic (exact) mass is 477 g/mol. The van der Waals surface area contributed by atoms with Crippen LogP contribution >= 0.6 is 11.3 Å². The molecule has 176 valence electrons. The normalized spacial score (nSPS) is 15.6. The Morgan fingerprint density at radius 3 is 2.41 bits per heavy atom. The van der Waals surface area contributed by atoms with Crippen LogP contribution in [0, 0.1) is 0 Å². The van der Waals surface area contributed by atoms with E-state index in [1.807, 2.05) is 73.6 Å². The molecule has 2 heterocycles. The maximum Gasteiger partial charge on any atom is 0.338 e. The van der Waals surface area contributed by atoms with Crippen molar-refractivity contribution >= 4 is 34.8 Å². The van der Waals surface area contributed by atoms with Gasteiger partial charge in [0, 0.05) is 25.5 Å². The number of aromatic nitrogens is 1. The molecule has 1 aliphatic heterocycles. The summed E-state index contributed by atoms with van der Waals surface area (Å²) in [5.74, 6) is 0.237. The first-order valence-electron chi connectivity index (χ1n) is 10.9. The van der Waals surface area contributed by atoms with Gasteiger partial charge < -0.3 is 14.4 Å². The molecule has 2 aromatic carbocycles. The second-order valence-electron chi connectivity index (χ2n) is 8.04. The topological polar surface area (TPSA) is 73.1 Å². The van der Waals surface area contributed by atoms with Gasteiger partial charge in [0.15, 0.2) is 4.80 Å². The molecule has 0 fully saturated rings. The summed E-state index contributed by atoms with van der Waals surface area (Å²) in [6.45, 7) is 3.76. The average Bonchev–Trinajstić information content (AvgIpc) is 3.14. The third kappa shape index (κ3) is 4.41. The van der Waals surface area contributed by atoms with Gasteiger partial charge in [0.25, 0.3) is 5.56 Å². The molecule has 0 amide bonds. The molecule has 0 spiro atoms. The van der Waals surface area contributed by atoms with Crippen LogP contribution in [0.4, 0.5) is 5.69 Å². The number of methoxy groups -OCH3 is 1. The van der Waals surface area contributed by atoms with Crippen molar-refractivity contribution in [3.8, 4) is 5.75 Å². The Labute approximate surface area is 201 Å². The first kappa shape index (κ1) is 23.5. The van der Waals surface area contributed by atoms with E-state index in [-0.39, 0.29) is 12.2 Å². The summed E-state index contributed by atoms with van der Waals surface area (Å²) in [7, 11) is 5.56. The molecule has 0 saturated heterocycles. The summed E-state index contributed by atoms with van der Waals surface area (Å²) < 4.78 is 12.7. The minimum Gasteiger partial charge on any atom is -0.497 e. The van der Waals surface area contributed by atoms with Crippen LogP contribution in [0.1, 0.15) is 31.0 Å². The highest BCUT2D eigenvalue weighted by Gasteiger charge is 2.31. The Morgan fingerprint density at radius 1 is 1.15 bits per heavy atom. The van der Waals surface area contributed by atoms with Crippen molar-refractivity contribution in [2.45, 2.75) is 19.9 Å². The molecule has 34 heavy (non-hydrogen) atoms. The number of ether oxygens (including phenoxy) is 2. The third-order valence-electron chi connectivity index (χ3n) is 5.68. The number of carbonyl (C=O) groups excluding carboxylic acids is 1. The summed E-state index contributed by atoms with van der Waals surface area (Å²) in [5, 5.41) is 0. The lowest BCUT2D eigenvalue weighted by atomic mass is 9.96. The second-order valence-corrected chi connectivity index (χ2v) is 9.05. The summed E-state index contributed by atoms with van der Waals surface area (Å²) in [6, 6.07) is 14.8. The molecule has 1 aromatic heterocycles. The van der Waals surface area contributed by atoms with Crippen LogP contribution < -0.4 is 24.5 Å². The minimum atomic E-state index is -0.574. The second kappa shape index (κ2) is 9.69. The van der Waals surface area contributed by atoms with Gasteiger partial charge >= 0.3 is 5.97 Å². The fourth-order valence-electron chi connectivity index (χ4n) is 3.86. The molecule has 0 unspecified atom stereocenters. The van der Waals surface area contributed by atoms with Crippen molar-refractivity contribution in [2.75, 3.05) is 32.7 Å². The third-order valence-corrected chi connectivity index (χ3v) is 6.66. The molecule has 0 aliphatic carbocycles. The lowest BCUT2D eigenvalue weighted by Crippen LogP contribution is -2.35. The van der Waals surface area contributed by atoms with E-state index in [9.17, 15) is 9.59 Å². The maximum atomic E-state index is 13.3. The van der Waals surface area contributed by atoms with Gasteiger partial charge in [-0.15, -0.1) is 0 Å². The molecule has 7 nitrogen and oxygen atoms in total. The quantitative estimate of drug-likeness (QED) is 0.511. The number of benzene rings is 2. The molecule has 0 saturated carbocycles. The van der Waals surface area contributed by atoms with Crippen molar-refractivity contribution < 1.29 is 14.3 Å². The fraction of sp³-hybridized carbons (Fsp3) is 0.269. The van der Waals surface area contributed by atoms with Crippen molar-refractivity contribution in [1.29, 1.82) is 0 Å². The van der Waals surface area contributed by atoms with Crippen LogP contribution in [-0.4, -0.2) is 38.3 Å². The van der Waals surface area contributed by atoms with Crippen LogP contribution in [0.3, 0.4) is 0 Å². The predicted molar refractivity (Wildman–Crippen MR) is 135 cm³/mol. The average molecular weight is 478 g/mol. The van der Waals surface area contributed by atoms with Gasteiger partial charge in [0.2, 0.25) is 0 Å². The van der Waals surface area contributed by atoms with E-state index < -0.39 is 12.0 Å². The molecular weight excluding hydrogens is 450 g/mol. The van der Waals surface area contributed by atoms with Crippen molar-refractivity contribution in [3.05, 3.63) is 84.9 Å². The highest BCUT2D eigenvalue weighted by molar-refractivity contribution is 7.07. The number of allylic oxidation sites excluding steroid dienone is 1. The fourth-order valence-corrected chi connectivity index (χ4v) is 4.90. The number of anilines is 1. The van der Waals surface area contributed by atoms with Crippen molar-refractivity contribution in [2.24, 2.45) is 4.99 Å². The standard InChI is InChI=1S/C26H27N3O4S/c1-6-33-25(31)22-16(2)29-24(30)21(15-17-7-11-19(12-8-17)28(3)4)34-26(29)27-23(22)18-9-13-20(32-5)14-10-18/h7-15,23H,6H2,1-5H3/b21-15-/t23-/m0/s1. The van der Waals surface area contributed by atoms with Crippen molar-refractivity contribution in [1.82, 2.24) is 4.57 Å². The lowest BCUT2D eigenvalue weighted by Gasteiger charge is -2.22. The van der Waals surface area contributed by atoms with E-state index in [0.29, 0.717) is 26.4 Å². The van der Waals surface area contributed by atoms with E-state index in [0.717, 1.165) is 16.8 Å². The highest BCUT2D eigenvalue weighted by Crippen LogP contribution is 2.33. The lowest BCUT2D eigenvalue weighted by molar-refractivity contribution is -0.138. The summed E-state index contributed by atoms with van der Waals surface area (Å²) in [6.07, 6.45) is 1.85. The smallest absolute Gasteiger partial charge is 0.338 e. The number of esters is 1. The van der Waals surface area contributed by atoms with Crippen LogP contribution in [0.25, 0.3) is 11.8 Å². The molecule has 0 bridgehead atoms. The van der Waals surface area contributed by atoms with Gasteiger partial charge in [0.1, 0.15) is 11.8 Å². The van der Waals surface area contributed by atoms with Crippen LogP contribution in [0.15, 0.2) is 63.9 Å². The van der Waals surface area contributed by atoms with E-state index in [1.54, 1.807) is 21.0 Å².